The maximum atomic E-state index is 13.7. The van der Waals surface area contributed by atoms with Gasteiger partial charge in [0.1, 0.15) is 6.54 Å². The molecule has 9 nitrogen and oxygen atoms in total. The number of benzene rings is 1. The lowest BCUT2D eigenvalue weighted by molar-refractivity contribution is -0.115. The minimum absolute atomic E-state index is 0.127. The molecule has 0 saturated carbocycles. The van der Waals surface area contributed by atoms with Gasteiger partial charge in [0.25, 0.3) is 5.56 Å². The molecule has 2 N–H and O–H groups in total. The Morgan fingerprint density at radius 3 is 2.44 bits per heavy atom. The number of rotatable bonds is 5. The zero-order valence-electron chi connectivity index (χ0n) is 18.7. The van der Waals surface area contributed by atoms with Crippen molar-refractivity contribution >= 4 is 17.0 Å². The Bertz CT molecular complexity index is 1670. The van der Waals surface area contributed by atoms with E-state index < -0.39 is 18.3 Å². The summed E-state index contributed by atoms with van der Waals surface area (Å²) in [5, 5.41) is 9.36. The molecule has 0 saturated heterocycles. The number of aryl methyl sites for hydroxylation is 1. The van der Waals surface area contributed by atoms with Crippen molar-refractivity contribution in [3.8, 4) is 28.1 Å². The van der Waals surface area contributed by atoms with Gasteiger partial charge in [0.05, 0.1) is 11.4 Å². The Hall–Kier alpha value is -4.74. The molecule has 0 radical (unpaired) electrons. The number of nitrogens with one attached hydrogen (secondary N) is 2. The predicted molar refractivity (Wildman–Crippen MR) is 128 cm³/mol. The predicted octanol–water partition coefficient (Wildman–Crippen LogP) is 3.51. The first-order chi connectivity index (χ1) is 17.2. The number of nitrogens with zero attached hydrogens (tertiary/aromatic N) is 5. The van der Waals surface area contributed by atoms with Gasteiger partial charge in [0, 0.05) is 48.2 Å². The average molecular weight is 493 g/mol. The van der Waals surface area contributed by atoms with Crippen molar-refractivity contribution in [1.29, 1.82) is 0 Å². The fourth-order valence-electron chi connectivity index (χ4n) is 3.77. The molecule has 1 aromatic carbocycles. The second-order valence-corrected chi connectivity index (χ2v) is 8.02. The number of pyridine rings is 2. The number of hydrogen-bond acceptors (Lipinski definition) is 6. The average Bonchev–Trinajstić information content (AvgIpc) is 3.39. The van der Waals surface area contributed by atoms with E-state index in [1.54, 1.807) is 49.6 Å². The van der Waals surface area contributed by atoms with Crippen LogP contribution in [0.3, 0.4) is 0 Å². The Morgan fingerprint density at radius 2 is 1.78 bits per heavy atom. The van der Waals surface area contributed by atoms with Crippen LogP contribution in [-0.2, 0) is 7.05 Å². The van der Waals surface area contributed by atoms with Crippen molar-refractivity contribution in [2.45, 2.75) is 6.18 Å². The molecule has 182 valence electrons. The van der Waals surface area contributed by atoms with E-state index in [0.717, 1.165) is 11.3 Å². The first kappa shape index (κ1) is 23.0. The van der Waals surface area contributed by atoms with Crippen molar-refractivity contribution in [3.05, 3.63) is 87.8 Å². The highest BCUT2D eigenvalue weighted by atomic mass is 19.4. The number of alkyl halides is 3. The van der Waals surface area contributed by atoms with Crippen LogP contribution in [0.2, 0.25) is 0 Å². The lowest BCUT2D eigenvalue weighted by Crippen LogP contribution is -2.24. The molecule has 36 heavy (non-hydrogen) atoms. The van der Waals surface area contributed by atoms with Crippen LogP contribution < -0.4 is 16.4 Å². The van der Waals surface area contributed by atoms with E-state index in [9.17, 15) is 22.8 Å². The van der Waals surface area contributed by atoms with Gasteiger partial charge in [-0.15, -0.1) is 0 Å². The lowest BCUT2D eigenvalue weighted by atomic mass is 10.1. The lowest BCUT2D eigenvalue weighted by Gasteiger charge is -2.15. The van der Waals surface area contributed by atoms with Crippen molar-refractivity contribution in [2.75, 3.05) is 11.9 Å². The van der Waals surface area contributed by atoms with E-state index in [-0.39, 0.29) is 22.7 Å². The second-order valence-electron chi connectivity index (χ2n) is 8.02. The topological polar surface area (TPSA) is 110 Å². The monoisotopic (exact) mass is 493 g/mol. The third-order valence-electron chi connectivity index (χ3n) is 5.52. The highest BCUT2D eigenvalue weighted by Gasteiger charge is 2.27. The summed E-state index contributed by atoms with van der Waals surface area (Å²) in [6.07, 6.45) is 0.0377. The smallest absolute Gasteiger partial charge is 0.345 e. The Morgan fingerprint density at radius 1 is 1.03 bits per heavy atom. The number of aromatic nitrogens is 6. The fraction of sp³-hybridized carbons (Fsp3) is 0.125. The van der Waals surface area contributed by atoms with Crippen molar-refractivity contribution < 1.29 is 13.2 Å². The van der Waals surface area contributed by atoms with Crippen LogP contribution in [0, 0.1) is 0 Å². The normalized spacial score (nSPS) is 11.7. The maximum Gasteiger partial charge on any atom is 0.405 e. The van der Waals surface area contributed by atoms with Crippen LogP contribution in [0.1, 0.15) is 0 Å². The minimum atomic E-state index is -4.46. The molecular formula is C24H18F3N7O2. The van der Waals surface area contributed by atoms with Crippen molar-refractivity contribution in [3.63, 3.8) is 0 Å². The highest BCUT2D eigenvalue weighted by Crippen LogP contribution is 2.24. The highest BCUT2D eigenvalue weighted by molar-refractivity contribution is 5.83. The van der Waals surface area contributed by atoms with E-state index in [4.69, 9.17) is 0 Å². The van der Waals surface area contributed by atoms with Gasteiger partial charge in [-0.3, -0.25) is 19.3 Å². The summed E-state index contributed by atoms with van der Waals surface area (Å²) in [5.41, 5.74) is 2.24. The van der Waals surface area contributed by atoms with Gasteiger partial charge in [-0.05, 0) is 35.9 Å². The molecule has 0 atom stereocenters. The molecule has 0 unspecified atom stereocenters. The molecule has 4 heterocycles. The van der Waals surface area contributed by atoms with Gasteiger partial charge in [-0.25, -0.2) is 4.98 Å². The van der Waals surface area contributed by atoms with Crippen LogP contribution in [-0.4, -0.2) is 42.0 Å². The van der Waals surface area contributed by atoms with Crippen LogP contribution in [0.4, 0.5) is 19.1 Å². The van der Waals surface area contributed by atoms with Gasteiger partial charge in [-0.1, -0.05) is 12.1 Å². The number of H-pyrrole nitrogens is 1. The number of fused-ring (bicyclic) bond motifs is 1. The molecule has 12 heteroatoms. The molecule has 4 aromatic heterocycles. The van der Waals surface area contributed by atoms with Gasteiger partial charge in [0.2, 0.25) is 11.5 Å². The molecule has 0 aliphatic carbocycles. The number of halogens is 3. The molecular weight excluding hydrogens is 475 g/mol. The van der Waals surface area contributed by atoms with Crippen molar-refractivity contribution in [2.24, 2.45) is 7.05 Å². The summed E-state index contributed by atoms with van der Waals surface area (Å²) in [4.78, 5) is 33.8. The number of aromatic amines is 1. The first-order valence-electron chi connectivity index (χ1n) is 10.7. The summed E-state index contributed by atoms with van der Waals surface area (Å²) in [6, 6.07) is 13.2. The zero-order valence-corrected chi connectivity index (χ0v) is 18.7. The maximum absolute atomic E-state index is 13.7. The van der Waals surface area contributed by atoms with Crippen molar-refractivity contribution in [1.82, 2.24) is 29.3 Å². The zero-order chi connectivity index (χ0) is 25.4. The largest absolute Gasteiger partial charge is 0.405 e. The van der Waals surface area contributed by atoms with Gasteiger partial charge in [0.15, 0.2) is 5.65 Å². The van der Waals surface area contributed by atoms with E-state index in [1.165, 1.54) is 33.7 Å². The Balaban J connectivity index is 1.71. The van der Waals surface area contributed by atoms with Crippen LogP contribution >= 0.6 is 0 Å². The van der Waals surface area contributed by atoms with E-state index in [2.05, 4.69) is 25.5 Å². The molecule has 0 aliphatic rings. The molecule has 0 fully saturated rings. The SMILES string of the molecule is Cn1cc(-c2cc3cnc(NCC(F)(F)F)nc3n(-c3ccc(-c4ccn[nH]4)cc3)c2=O)ccc1=O. The Kier molecular flexibility index (Phi) is 5.63. The van der Waals surface area contributed by atoms with E-state index in [0.29, 0.717) is 16.6 Å². The second kappa shape index (κ2) is 8.80. The Labute approximate surface area is 200 Å². The molecule has 0 bridgehead atoms. The van der Waals surface area contributed by atoms with E-state index in [1.807, 2.05) is 0 Å². The number of hydrogen-bond donors (Lipinski definition) is 2. The minimum Gasteiger partial charge on any atom is -0.345 e. The van der Waals surface area contributed by atoms with Gasteiger partial charge < -0.3 is 9.88 Å². The summed E-state index contributed by atoms with van der Waals surface area (Å²) >= 11 is 0. The molecule has 5 aromatic rings. The summed E-state index contributed by atoms with van der Waals surface area (Å²) in [5.74, 6) is -0.267. The van der Waals surface area contributed by atoms with Crippen LogP contribution in [0.25, 0.3) is 39.1 Å². The number of anilines is 1. The molecule has 5 rings (SSSR count). The summed E-state index contributed by atoms with van der Waals surface area (Å²) < 4.78 is 40.8. The fourth-order valence-corrected chi connectivity index (χ4v) is 3.77. The van der Waals surface area contributed by atoms with Crippen LogP contribution in [0.5, 0.6) is 0 Å². The van der Waals surface area contributed by atoms with Gasteiger partial charge >= 0.3 is 6.18 Å². The summed E-state index contributed by atoms with van der Waals surface area (Å²) in [7, 11) is 1.57. The summed E-state index contributed by atoms with van der Waals surface area (Å²) in [6.45, 7) is -1.32. The third kappa shape index (κ3) is 4.48. The molecule has 0 amide bonds. The molecule has 0 aliphatic heterocycles. The van der Waals surface area contributed by atoms with E-state index >= 15 is 0 Å². The van der Waals surface area contributed by atoms with Crippen LogP contribution in [0.15, 0.2) is 76.7 Å². The molecule has 0 spiro atoms. The third-order valence-corrected chi connectivity index (χ3v) is 5.52. The van der Waals surface area contributed by atoms with Gasteiger partial charge in [-0.2, -0.15) is 23.3 Å². The standard InChI is InChI=1S/C24H18F3N7O2/c1-33-12-15(4-7-20(33)35)18-10-16-11-28-23(29-13-24(25,26)27)31-21(16)34(22(18)36)17-5-2-14(3-6-17)19-8-9-30-32-19/h2-12H,13H2,1H3,(H,30,32)(H,28,29,31). The quantitative estimate of drug-likeness (QED) is 0.388. The first-order valence-corrected chi connectivity index (χ1v) is 10.7.